The summed E-state index contributed by atoms with van der Waals surface area (Å²) in [7, 11) is 0. The predicted octanol–water partition coefficient (Wildman–Crippen LogP) is 4.17. The second-order valence-electron chi connectivity index (χ2n) is 6.54. The smallest absolute Gasteiger partial charge is 0.294 e. The fourth-order valence-electron chi connectivity index (χ4n) is 3.12. The highest BCUT2D eigenvalue weighted by atomic mass is 35.5. The zero-order valence-corrected chi connectivity index (χ0v) is 15.5. The second-order valence-corrected chi connectivity index (χ2v) is 6.98. The van der Waals surface area contributed by atoms with Gasteiger partial charge in [0.15, 0.2) is 11.5 Å². The Kier molecular flexibility index (Phi) is 4.83. The maximum atomic E-state index is 12.9. The molecule has 1 N–H and O–H groups in total. The number of aliphatic hydroxyl groups is 1. The number of aryl methyl sites for hydroxylation is 1. The van der Waals surface area contributed by atoms with Crippen molar-refractivity contribution < 1.29 is 14.7 Å². The molecule has 5 nitrogen and oxygen atoms in total. The van der Waals surface area contributed by atoms with Crippen LogP contribution in [0.2, 0.25) is 5.02 Å². The zero-order valence-electron chi connectivity index (χ0n) is 14.7. The summed E-state index contributed by atoms with van der Waals surface area (Å²) in [6.07, 6.45) is 1.60. The standard InChI is InChI=1S/C20H19ClN2O3/c1-11(2)18(24)16-17(14-6-4-5-9-22-14)23(20(26)19(16)25)15-8-7-13(21)10-12(15)3/h4-11,17,25H,1-3H3. The van der Waals surface area contributed by atoms with E-state index in [1.54, 1.807) is 56.4 Å². The van der Waals surface area contributed by atoms with E-state index in [0.717, 1.165) is 5.56 Å². The minimum Gasteiger partial charge on any atom is -0.503 e. The largest absolute Gasteiger partial charge is 0.503 e. The van der Waals surface area contributed by atoms with Gasteiger partial charge < -0.3 is 5.11 Å². The molecule has 0 spiro atoms. The number of pyridine rings is 1. The number of nitrogens with zero attached hydrogens (tertiary/aromatic N) is 2. The number of carbonyl (C=O) groups excluding carboxylic acids is 2. The Morgan fingerprint density at radius 2 is 2.00 bits per heavy atom. The van der Waals surface area contributed by atoms with E-state index in [1.807, 2.05) is 6.92 Å². The van der Waals surface area contributed by atoms with E-state index in [2.05, 4.69) is 4.98 Å². The molecule has 1 aromatic carbocycles. The number of halogens is 1. The molecule has 0 saturated heterocycles. The molecule has 2 aromatic rings. The van der Waals surface area contributed by atoms with Gasteiger partial charge in [0, 0.05) is 22.8 Å². The Hall–Kier alpha value is -2.66. The van der Waals surface area contributed by atoms with Gasteiger partial charge in [0.1, 0.15) is 6.04 Å². The molecule has 1 aliphatic rings. The zero-order chi connectivity index (χ0) is 19.0. The Bertz CT molecular complexity index is 907. The van der Waals surface area contributed by atoms with Crippen LogP contribution in [0.3, 0.4) is 0 Å². The number of Topliss-reactive ketones (excluding diaryl/α,β-unsaturated/α-hetero) is 1. The highest BCUT2D eigenvalue weighted by molar-refractivity contribution is 6.30. The van der Waals surface area contributed by atoms with Crippen LogP contribution in [0.5, 0.6) is 0 Å². The van der Waals surface area contributed by atoms with Crippen molar-refractivity contribution in [2.24, 2.45) is 5.92 Å². The summed E-state index contributed by atoms with van der Waals surface area (Å²) in [5.41, 5.74) is 1.94. The van der Waals surface area contributed by atoms with E-state index in [-0.39, 0.29) is 17.3 Å². The molecule has 1 amide bonds. The van der Waals surface area contributed by atoms with E-state index in [4.69, 9.17) is 11.6 Å². The van der Waals surface area contributed by atoms with Crippen molar-refractivity contribution >= 4 is 29.0 Å². The summed E-state index contributed by atoms with van der Waals surface area (Å²) >= 11 is 6.03. The lowest BCUT2D eigenvalue weighted by atomic mass is 9.93. The van der Waals surface area contributed by atoms with Gasteiger partial charge in [-0.15, -0.1) is 0 Å². The fraction of sp³-hybridized carbons (Fsp3) is 0.250. The van der Waals surface area contributed by atoms with Crippen LogP contribution < -0.4 is 4.90 Å². The molecule has 1 atom stereocenters. The van der Waals surface area contributed by atoms with Gasteiger partial charge in [-0.05, 0) is 42.8 Å². The molecule has 1 aromatic heterocycles. The molecule has 26 heavy (non-hydrogen) atoms. The lowest BCUT2D eigenvalue weighted by molar-refractivity contribution is -0.119. The molecule has 134 valence electrons. The van der Waals surface area contributed by atoms with E-state index in [9.17, 15) is 14.7 Å². The third kappa shape index (κ3) is 2.99. The van der Waals surface area contributed by atoms with Crippen molar-refractivity contribution in [2.75, 3.05) is 4.90 Å². The fourth-order valence-corrected chi connectivity index (χ4v) is 3.35. The summed E-state index contributed by atoms with van der Waals surface area (Å²) in [5, 5.41) is 11.0. The number of amides is 1. The van der Waals surface area contributed by atoms with Crippen molar-refractivity contribution in [3.05, 3.63) is 70.2 Å². The minimum absolute atomic E-state index is 0.0815. The first-order chi connectivity index (χ1) is 12.3. The average molecular weight is 371 g/mol. The van der Waals surface area contributed by atoms with E-state index < -0.39 is 17.7 Å². The third-order valence-electron chi connectivity index (χ3n) is 4.38. The van der Waals surface area contributed by atoms with Gasteiger partial charge in [-0.25, -0.2) is 0 Å². The van der Waals surface area contributed by atoms with Crippen LogP contribution in [-0.4, -0.2) is 21.8 Å². The highest BCUT2D eigenvalue weighted by Gasteiger charge is 2.45. The van der Waals surface area contributed by atoms with Crippen molar-refractivity contribution in [3.8, 4) is 0 Å². The number of aromatic nitrogens is 1. The maximum absolute atomic E-state index is 12.9. The summed E-state index contributed by atoms with van der Waals surface area (Å²) in [4.78, 5) is 31.4. The monoisotopic (exact) mass is 370 g/mol. The lowest BCUT2D eigenvalue weighted by Crippen LogP contribution is -2.32. The molecule has 0 aliphatic carbocycles. The average Bonchev–Trinajstić information content (AvgIpc) is 2.87. The Morgan fingerprint density at radius 1 is 1.27 bits per heavy atom. The number of anilines is 1. The summed E-state index contributed by atoms with van der Waals surface area (Å²) in [6, 6.07) is 9.62. The number of hydrogen-bond acceptors (Lipinski definition) is 4. The van der Waals surface area contributed by atoms with Crippen LogP contribution in [0.4, 0.5) is 5.69 Å². The minimum atomic E-state index is -0.779. The molecule has 3 rings (SSSR count). The van der Waals surface area contributed by atoms with Gasteiger partial charge in [-0.1, -0.05) is 31.5 Å². The lowest BCUT2D eigenvalue weighted by Gasteiger charge is -2.27. The molecular weight excluding hydrogens is 352 g/mol. The van der Waals surface area contributed by atoms with Crippen molar-refractivity contribution in [3.63, 3.8) is 0 Å². The van der Waals surface area contributed by atoms with Gasteiger partial charge in [0.2, 0.25) is 0 Å². The molecule has 0 radical (unpaired) electrons. The first kappa shape index (κ1) is 18.1. The van der Waals surface area contributed by atoms with Gasteiger partial charge >= 0.3 is 0 Å². The topological polar surface area (TPSA) is 70.5 Å². The molecule has 0 bridgehead atoms. The first-order valence-corrected chi connectivity index (χ1v) is 8.68. The summed E-state index contributed by atoms with van der Waals surface area (Å²) in [5.74, 6) is -1.78. The predicted molar refractivity (Wildman–Crippen MR) is 100 cm³/mol. The normalized spacial score (nSPS) is 17.3. The Morgan fingerprint density at radius 3 is 2.58 bits per heavy atom. The van der Waals surface area contributed by atoms with Gasteiger partial charge in [0.25, 0.3) is 5.91 Å². The number of hydrogen-bond donors (Lipinski definition) is 1. The molecule has 1 unspecified atom stereocenters. The SMILES string of the molecule is Cc1cc(Cl)ccc1N1C(=O)C(O)=C(C(=O)C(C)C)C1c1ccccn1. The van der Waals surface area contributed by atoms with E-state index in [0.29, 0.717) is 16.4 Å². The Balaban J connectivity index is 2.21. The van der Waals surface area contributed by atoms with Crippen molar-refractivity contribution in [1.29, 1.82) is 0 Å². The number of benzene rings is 1. The number of carbonyl (C=O) groups is 2. The molecule has 6 heteroatoms. The van der Waals surface area contributed by atoms with Crippen molar-refractivity contribution in [1.82, 2.24) is 4.98 Å². The number of aliphatic hydroxyl groups excluding tert-OH is 1. The van der Waals surface area contributed by atoms with Gasteiger partial charge in [-0.2, -0.15) is 0 Å². The molecule has 1 aliphatic heterocycles. The quantitative estimate of drug-likeness (QED) is 0.876. The van der Waals surface area contributed by atoms with Gasteiger partial charge in [0.05, 0.1) is 11.3 Å². The molecule has 2 heterocycles. The van der Waals surface area contributed by atoms with E-state index >= 15 is 0 Å². The maximum Gasteiger partial charge on any atom is 0.294 e. The molecule has 0 saturated carbocycles. The number of rotatable bonds is 4. The van der Waals surface area contributed by atoms with Crippen LogP contribution in [-0.2, 0) is 9.59 Å². The Labute approximate surface area is 156 Å². The van der Waals surface area contributed by atoms with Crippen LogP contribution in [0.25, 0.3) is 0 Å². The van der Waals surface area contributed by atoms with Crippen molar-refractivity contribution in [2.45, 2.75) is 26.8 Å². The van der Waals surface area contributed by atoms with Crippen LogP contribution >= 0.6 is 11.6 Å². The third-order valence-corrected chi connectivity index (χ3v) is 4.62. The highest BCUT2D eigenvalue weighted by Crippen LogP contribution is 2.42. The van der Waals surface area contributed by atoms with Gasteiger partial charge in [-0.3, -0.25) is 19.5 Å². The van der Waals surface area contributed by atoms with Crippen LogP contribution in [0.1, 0.15) is 31.1 Å². The van der Waals surface area contributed by atoms with Crippen LogP contribution in [0, 0.1) is 12.8 Å². The number of ketones is 1. The van der Waals surface area contributed by atoms with Crippen LogP contribution in [0.15, 0.2) is 53.9 Å². The summed E-state index contributed by atoms with van der Waals surface area (Å²) in [6.45, 7) is 5.29. The van der Waals surface area contributed by atoms with E-state index in [1.165, 1.54) is 4.90 Å². The first-order valence-electron chi connectivity index (χ1n) is 8.31. The second kappa shape index (κ2) is 6.92. The molecule has 0 fully saturated rings. The summed E-state index contributed by atoms with van der Waals surface area (Å²) < 4.78 is 0. The molecular formula is C20H19ClN2O3.